The molecule has 1 aliphatic rings. The summed E-state index contributed by atoms with van der Waals surface area (Å²) >= 11 is 0. The zero-order valence-corrected chi connectivity index (χ0v) is 19.7. The van der Waals surface area contributed by atoms with E-state index in [1.807, 2.05) is 30.3 Å². The molecule has 0 aliphatic heterocycles. The predicted molar refractivity (Wildman–Crippen MR) is 129 cm³/mol. The third kappa shape index (κ3) is 6.83. The normalized spacial score (nSPS) is 17.8. The van der Waals surface area contributed by atoms with E-state index >= 15 is 0 Å². The summed E-state index contributed by atoms with van der Waals surface area (Å²) in [6, 6.07) is 15.5. The van der Waals surface area contributed by atoms with Crippen LogP contribution in [0.1, 0.15) is 31.2 Å². The Kier molecular flexibility index (Phi) is 7.87. The zero-order chi connectivity index (χ0) is 25.5. The van der Waals surface area contributed by atoms with E-state index in [1.165, 1.54) is 18.2 Å². The molecule has 8 nitrogen and oxygen atoms in total. The molecule has 3 N–H and O–H groups in total. The van der Waals surface area contributed by atoms with E-state index in [2.05, 4.69) is 35.6 Å². The van der Waals surface area contributed by atoms with Gasteiger partial charge in [-0.15, -0.1) is 13.2 Å². The number of carbonyl (C=O) groups excluding carboxylic acids is 1. The van der Waals surface area contributed by atoms with Gasteiger partial charge < -0.3 is 20.7 Å². The Morgan fingerprint density at radius 2 is 1.61 bits per heavy atom. The molecule has 0 atom stereocenters. The first kappa shape index (κ1) is 25.2. The summed E-state index contributed by atoms with van der Waals surface area (Å²) in [4.78, 5) is 26.1. The van der Waals surface area contributed by atoms with E-state index in [0.717, 1.165) is 18.4 Å². The number of halogens is 3. The lowest BCUT2D eigenvalue weighted by Crippen LogP contribution is -2.36. The van der Waals surface area contributed by atoms with E-state index in [9.17, 15) is 18.0 Å². The van der Waals surface area contributed by atoms with Crippen LogP contribution in [0.25, 0.3) is 11.4 Å². The van der Waals surface area contributed by atoms with Crippen LogP contribution in [0.4, 0.5) is 25.1 Å². The van der Waals surface area contributed by atoms with Gasteiger partial charge in [0.15, 0.2) is 5.82 Å². The smallest absolute Gasteiger partial charge is 0.405 e. The summed E-state index contributed by atoms with van der Waals surface area (Å²) < 4.78 is 41.9. The van der Waals surface area contributed by atoms with Gasteiger partial charge in [-0.3, -0.25) is 4.79 Å². The van der Waals surface area contributed by atoms with Crippen molar-refractivity contribution >= 4 is 17.8 Å². The highest BCUT2D eigenvalue weighted by atomic mass is 19.4. The Bertz CT molecular complexity index is 1170. The lowest BCUT2D eigenvalue weighted by Gasteiger charge is -2.28. The number of nitrogens with zero attached hydrogens (tertiary/aromatic N) is 3. The molecule has 2 aromatic carbocycles. The average Bonchev–Trinajstić information content (AvgIpc) is 2.88. The number of hydrogen-bond donors (Lipinski definition) is 3. The predicted octanol–water partition coefficient (Wildman–Crippen LogP) is 4.77. The molecule has 0 bridgehead atoms. The molecule has 36 heavy (non-hydrogen) atoms. The number of anilines is 2. The molecule has 1 amide bonds. The minimum atomic E-state index is -4.79. The number of ether oxygens (including phenoxy) is 1. The molecule has 1 heterocycles. The maximum Gasteiger partial charge on any atom is 0.573 e. The number of alkyl halides is 3. The van der Waals surface area contributed by atoms with Crippen LogP contribution in [-0.2, 0) is 11.3 Å². The molecule has 190 valence electrons. The molecule has 0 saturated heterocycles. The van der Waals surface area contributed by atoms with Gasteiger partial charge in [0.05, 0.1) is 0 Å². The number of amides is 1. The van der Waals surface area contributed by atoms with Crippen LogP contribution < -0.4 is 20.7 Å². The van der Waals surface area contributed by atoms with E-state index in [-0.39, 0.29) is 35.7 Å². The van der Waals surface area contributed by atoms with Crippen molar-refractivity contribution < 1.29 is 22.7 Å². The van der Waals surface area contributed by atoms with Gasteiger partial charge in [0.25, 0.3) is 0 Å². The number of aromatic nitrogens is 3. The monoisotopic (exact) mass is 500 g/mol. The number of rotatable bonds is 8. The standard InChI is InChI=1S/C25H27F3N6O2/c1-29-23-32-21(16-7-3-2-4-8-16)33-24(34-23)31-19-13-11-17(12-14-19)22(35)30-15-18-9-5-6-10-20(18)36-25(26,27)28/h2-10,17,19H,11-15H2,1H3,(H,30,35)(H2,29,31,32,33,34). The molecule has 0 radical (unpaired) electrons. The van der Waals surface area contributed by atoms with Crippen molar-refractivity contribution in [3.63, 3.8) is 0 Å². The van der Waals surface area contributed by atoms with E-state index in [0.29, 0.717) is 30.6 Å². The van der Waals surface area contributed by atoms with Crippen molar-refractivity contribution in [2.45, 2.75) is 44.6 Å². The third-order valence-corrected chi connectivity index (χ3v) is 5.97. The molecular formula is C25H27F3N6O2. The van der Waals surface area contributed by atoms with Crippen molar-refractivity contribution in [1.29, 1.82) is 0 Å². The molecule has 4 rings (SSSR count). The molecular weight excluding hydrogens is 473 g/mol. The number of hydrogen-bond acceptors (Lipinski definition) is 7. The second-order valence-electron chi connectivity index (χ2n) is 8.49. The first-order chi connectivity index (χ1) is 17.3. The number of carbonyl (C=O) groups is 1. The van der Waals surface area contributed by atoms with Crippen LogP contribution in [-0.4, -0.2) is 40.3 Å². The minimum absolute atomic E-state index is 0.0385. The highest BCUT2D eigenvalue weighted by Crippen LogP contribution is 2.29. The van der Waals surface area contributed by atoms with Gasteiger partial charge in [-0.25, -0.2) is 0 Å². The van der Waals surface area contributed by atoms with Gasteiger partial charge in [-0.2, -0.15) is 15.0 Å². The summed E-state index contributed by atoms with van der Waals surface area (Å²) in [7, 11) is 1.74. The Balaban J connectivity index is 1.31. The van der Waals surface area contributed by atoms with Crippen molar-refractivity contribution in [3.05, 3.63) is 60.2 Å². The van der Waals surface area contributed by atoms with Crippen LogP contribution in [0.15, 0.2) is 54.6 Å². The van der Waals surface area contributed by atoms with Crippen molar-refractivity contribution in [3.8, 4) is 17.1 Å². The average molecular weight is 501 g/mol. The Morgan fingerprint density at radius 3 is 2.31 bits per heavy atom. The van der Waals surface area contributed by atoms with Gasteiger partial charge in [0.1, 0.15) is 5.75 Å². The molecule has 1 fully saturated rings. The van der Waals surface area contributed by atoms with Crippen molar-refractivity contribution in [2.75, 3.05) is 17.7 Å². The van der Waals surface area contributed by atoms with Crippen LogP contribution in [0.2, 0.25) is 0 Å². The number of para-hydroxylation sites is 1. The fourth-order valence-electron chi connectivity index (χ4n) is 4.15. The minimum Gasteiger partial charge on any atom is -0.405 e. The zero-order valence-electron chi connectivity index (χ0n) is 19.7. The maximum absolute atomic E-state index is 12.7. The molecule has 0 spiro atoms. The summed E-state index contributed by atoms with van der Waals surface area (Å²) in [5.41, 5.74) is 1.14. The van der Waals surface area contributed by atoms with Gasteiger partial charge in [0, 0.05) is 36.7 Å². The van der Waals surface area contributed by atoms with Gasteiger partial charge >= 0.3 is 6.36 Å². The number of benzene rings is 2. The van der Waals surface area contributed by atoms with Gasteiger partial charge in [0.2, 0.25) is 17.8 Å². The van der Waals surface area contributed by atoms with Crippen molar-refractivity contribution in [2.24, 2.45) is 5.92 Å². The number of nitrogens with one attached hydrogen (secondary N) is 3. The van der Waals surface area contributed by atoms with Crippen LogP contribution >= 0.6 is 0 Å². The fraction of sp³-hybridized carbons (Fsp3) is 0.360. The largest absolute Gasteiger partial charge is 0.573 e. The Morgan fingerprint density at radius 1 is 0.944 bits per heavy atom. The molecule has 1 aliphatic carbocycles. The SMILES string of the molecule is CNc1nc(NC2CCC(C(=O)NCc3ccccc3OC(F)(F)F)CC2)nc(-c2ccccc2)n1. The first-order valence-electron chi connectivity index (χ1n) is 11.7. The fourth-order valence-corrected chi connectivity index (χ4v) is 4.15. The Labute approximate surface area is 206 Å². The lowest BCUT2D eigenvalue weighted by molar-refractivity contribution is -0.274. The molecule has 1 saturated carbocycles. The molecule has 0 unspecified atom stereocenters. The second-order valence-corrected chi connectivity index (χ2v) is 8.49. The Hall–Kier alpha value is -3.89. The maximum atomic E-state index is 12.7. The van der Waals surface area contributed by atoms with Crippen LogP contribution in [0.5, 0.6) is 5.75 Å². The molecule has 1 aromatic heterocycles. The highest BCUT2D eigenvalue weighted by molar-refractivity contribution is 5.78. The summed E-state index contributed by atoms with van der Waals surface area (Å²) in [5, 5.41) is 9.06. The van der Waals surface area contributed by atoms with Crippen LogP contribution in [0.3, 0.4) is 0 Å². The summed E-state index contributed by atoms with van der Waals surface area (Å²) in [6.45, 7) is -0.0385. The highest BCUT2D eigenvalue weighted by Gasteiger charge is 2.32. The quantitative estimate of drug-likeness (QED) is 0.410. The van der Waals surface area contributed by atoms with E-state index in [1.54, 1.807) is 13.1 Å². The first-order valence-corrected chi connectivity index (χ1v) is 11.7. The third-order valence-electron chi connectivity index (χ3n) is 5.97. The second kappa shape index (κ2) is 11.2. The van der Waals surface area contributed by atoms with Crippen molar-refractivity contribution in [1.82, 2.24) is 20.3 Å². The lowest BCUT2D eigenvalue weighted by atomic mass is 9.85. The van der Waals surface area contributed by atoms with Gasteiger partial charge in [-0.05, 0) is 31.7 Å². The van der Waals surface area contributed by atoms with Crippen LogP contribution in [0, 0.1) is 5.92 Å². The molecule has 11 heteroatoms. The van der Waals surface area contributed by atoms with E-state index in [4.69, 9.17) is 0 Å². The topological polar surface area (TPSA) is 101 Å². The molecule has 3 aromatic rings. The van der Waals surface area contributed by atoms with E-state index < -0.39 is 6.36 Å². The summed E-state index contributed by atoms with van der Waals surface area (Å²) in [6.07, 6.45) is -2.06. The van der Waals surface area contributed by atoms with Gasteiger partial charge in [-0.1, -0.05) is 48.5 Å². The summed E-state index contributed by atoms with van der Waals surface area (Å²) in [5.74, 6) is 0.757.